The number of rotatable bonds is 7. The number of sulfone groups is 1. The van der Waals surface area contributed by atoms with Crippen LogP contribution in [-0.4, -0.2) is 29.6 Å². The summed E-state index contributed by atoms with van der Waals surface area (Å²) >= 11 is 0. The number of imidazole rings is 1. The number of halogens is 4. The molecule has 1 rings (SSSR count). The van der Waals surface area contributed by atoms with Gasteiger partial charge in [-0.3, -0.25) is 0 Å². The lowest BCUT2D eigenvalue weighted by atomic mass is 10.3. The van der Waals surface area contributed by atoms with Gasteiger partial charge in [0.1, 0.15) is 5.25 Å². The van der Waals surface area contributed by atoms with Gasteiger partial charge in [-0.05, 0) is 18.9 Å². The molecule has 20 heavy (non-hydrogen) atoms. The molecule has 1 heterocycles. The van der Waals surface area contributed by atoms with Crippen LogP contribution >= 0.6 is 0 Å². The Balaban J connectivity index is 3.02. The third-order valence-corrected chi connectivity index (χ3v) is 4.87. The van der Waals surface area contributed by atoms with Crippen LogP contribution in [0.3, 0.4) is 0 Å². The summed E-state index contributed by atoms with van der Waals surface area (Å²) in [6, 6.07) is 0. The molecule has 0 aliphatic rings. The largest absolute Gasteiger partial charge is 0.322 e. The van der Waals surface area contributed by atoms with E-state index in [0.717, 1.165) is 10.8 Å². The number of allylic oxidation sites excluding steroid dienone is 1. The molecule has 0 amide bonds. The number of aryl methyl sites for hydroxylation is 1. The van der Waals surface area contributed by atoms with Crippen molar-refractivity contribution in [2.45, 2.75) is 43.1 Å². The Kier molecular flexibility index (Phi) is 5.73. The van der Waals surface area contributed by atoms with Crippen molar-refractivity contribution in [1.29, 1.82) is 0 Å². The second kappa shape index (κ2) is 6.87. The second-order valence-corrected chi connectivity index (χ2v) is 6.07. The Morgan fingerprint density at radius 1 is 1.45 bits per heavy atom. The summed E-state index contributed by atoms with van der Waals surface area (Å²) in [6.45, 7) is 1.26. The smallest absolute Gasteiger partial charge is 0.266 e. The molecule has 1 aromatic heterocycles. The fraction of sp³-hybridized carbons (Fsp3) is 0.545. The third-order valence-electron chi connectivity index (χ3n) is 2.68. The van der Waals surface area contributed by atoms with E-state index in [2.05, 4.69) is 4.98 Å². The van der Waals surface area contributed by atoms with Crippen LogP contribution in [0.5, 0.6) is 0 Å². The van der Waals surface area contributed by atoms with Crippen molar-refractivity contribution in [2.75, 3.05) is 0 Å². The molecule has 0 aliphatic carbocycles. The highest BCUT2D eigenvalue weighted by Gasteiger charge is 2.36. The molecule has 4 nitrogen and oxygen atoms in total. The second-order valence-electron chi connectivity index (χ2n) is 4.01. The lowest BCUT2D eigenvalue weighted by Gasteiger charge is -2.15. The molecule has 0 N–H and O–H groups in total. The molecule has 1 atom stereocenters. The maximum Gasteiger partial charge on any atom is 0.266 e. The highest BCUT2D eigenvalue weighted by Crippen LogP contribution is 2.22. The first-order valence-electron chi connectivity index (χ1n) is 5.85. The first-order chi connectivity index (χ1) is 9.30. The van der Waals surface area contributed by atoms with E-state index >= 15 is 0 Å². The number of hydrogen-bond donors (Lipinski definition) is 0. The summed E-state index contributed by atoms with van der Waals surface area (Å²) in [7, 11) is -4.29. The van der Waals surface area contributed by atoms with E-state index < -0.39 is 32.7 Å². The fourth-order valence-electron chi connectivity index (χ4n) is 1.70. The molecule has 0 radical (unpaired) electrons. The van der Waals surface area contributed by atoms with Crippen molar-refractivity contribution in [3.05, 3.63) is 24.6 Å². The van der Waals surface area contributed by atoms with Crippen LogP contribution in [0, 0.1) is 0 Å². The van der Waals surface area contributed by atoms with Crippen LogP contribution in [0.2, 0.25) is 0 Å². The van der Waals surface area contributed by atoms with Gasteiger partial charge in [-0.25, -0.2) is 22.2 Å². The normalized spacial score (nSPS) is 13.5. The number of aromatic nitrogens is 2. The van der Waals surface area contributed by atoms with Gasteiger partial charge in [-0.1, -0.05) is 6.92 Å². The van der Waals surface area contributed by atoms with E-state index in [1.54, 1.807) is 0 Å². The van der Waals surface area contributed by atoms with Crippen LogP contribution in [0.4, 0.5) is 17.6 Å². The van der Waals surface area contributed by atoms with Crippen LogP contribution in [0.1, 0.15) is 19.8 Å². The van der Waals surface area contributed by atoms with Crippen molar-refractivity contribution < 1.29 is 26.0 Å². The number of nitrogens with zero attached hydrogens (tertiary/aromatic N) is 2. The highest BCUT2D eigenvalue weighted by molar-refractivity contribution is 7.91. The average Bonchev–Trinajstić information content (AvgIpc) is 2.77. The summed E-state index contributed by atoms with van der Waals surface area (Å²) in [5.41, 5.74) is 0. The van der Waals surface area contributed by atoms with Gasteiger partial charge in [0.25, 0.3) is 12.5 Å². The fourth-order valence-corrected chi connectivity index (χ4v) is 3.37. The van der Waals surface area contributed by atoms with Crippen molar-refractivity contribution in [3.8, 4) is 0 Å². The predicted octanol–water partition coefficient (Wildman–Crippen LogP) is 2.87. The lowest BCUT2D eigenvalue weighted by molar-refractivity contribution is 0.139. The molecule has 9 heteroatoms. The monoisotopic (exact) mass is 314 g/mol. The van der Waals surface area contributed by atoms with Gasteiger partial charge in [-0.2, -0.15) is 8.78 Å². The first-order valence-corrected chi connectivity index (χ1v) is 7.39. The molecule has 0 saturated heterocycles. The zero-order chi connectivity index (χ0) is 15.3. The van der Waals surface area contributed by atoms with Gasteiger partial charge in [0.2, 0.25) is 15.0 Å². The van der Waals surface area contributed by atoms with Crippen LogP contribution in [0.15, 0.2) is 29.7 Å². The van der Waals surface area contributed by atoms with Crippen molar-refractivity contribution in [3.63, 3.8) is 0 Å². The summed E-state index contributed by atoms with van der Waals surface area (Å²) in [5, 5.41) is -2.37. The molecule has 0 aliphatic heterocycles. The quantitative estimate of drug-likeness (QED) is 0.727. The van der Waals surface area contributed by atoms with Crippen LogP contribution in [-0.2, 0) is 16.4 Å². The maximum absolute atomic E-state index is 12.8. The molecule has 0 fully saturated rings. The van der Waals surface area contributed by atoms with E-state index in [9.17, 15) is 26.0 Å². The summed E-state index contributed by atoms with van der Waals surface area (Å²) in [4.78, 5) is 3.57. The molecular weight excluding hydrogens is 300 g/mol. The third kappa shape index (κ3) is 3.81. The Bertz CT molecular complexity index is 565. The molecule has 0 saturated carbocycles. The van der Waals surface area contributed by atoms with E-state index in [-0.39, 0.29) is 19.4 Å². The minimum Gasteiger partial charge on any atom is -0.322 e. The molecule has 0 aromatic carbocycles. The molecule has 114 valence electrons. The molecule has 1 unspecified atom stereocenters. The topological polar surface area (TPSA) is 52.0 Å². The Morgan fingerprint density at radius 3 is 2.60 bits per heavy atom. The summed E-state index contributed by atoms with van der Waals surface area (Å²) in [5.74, 6) is 0. The summed E-state index contributed by atoms with van der Waals surface area (Å²) < 4.78 is 74.5. The standard InChI is InChI=1S/C11H14F4N2O2S/c1-2-8(10(14)15)20(18,19)11-16-5-7-17(11)6-3-4-9(12)13/h4-5,7-8,10H,2-3,6H2,1H3. The SMILES string of the molecule is CCC(C(F)F)S(=O)(=O)c1nccn1CCC=C(F)F. The van der Waals surface area contributed by atoms with Crippen molar-refractivity contribution in [1.82, 2.24) is 9.55 Å². The minimum absolute atomic E-state index is 0.0778. The van der Waals surface area contributed by atoms with Gasteiger partial charge in [0.15, 0.2) is 0 Å². The molecule has 0 bridgehead atoms. The number of hydrogen-bond acceptors (Lipinski definition) is 3. The van der Waals surface area contributed by atoms with Crippen LogP contribution in [0.25, 0.3) is 0 Å². The van der Waals surface area contributed by atoms with Gasteiger partial charge in [-0.15, -0.1) is 0 Å². The van der Waals surface area contributed by atoms with Gasteiger partial charge < -0.3 is 4.57 Å². The highest BCUT2D eigenvalue weighted by atomic mass is 32.2. The Hall–Kier alpha value is -1.38. The van der Waals surface area contributed by atoms with E-state index in [0.29, 0.717) is 6.08 Å². The van der Waals surface area contributed by atoms with E-state index in [1.807, 2.05) is 0 Å². The van der Waals surface area contributed by atoms with E-state index in [4.69, 9.17) is 0 Å². The average molecular weight is 314 g/mol. The Morgan fingerprint density at radius 2 is 2.10 bits per heavy atom. The van der Waals surface area contributed by atoms with Gasteiger partial charge in [0.05, 0.1) is 0 Å². The predicted molar refractivity (Wildman–Crippen MR) is 64.4 cm³/mol. The molecule has 0 spiro atoms. The van der Waals surface area contributed by atoms with Crippen LogP contribution < -0.4 is 0 Å². The van der Waals surface area contributed by atoms with E-state index in [1.165, 1.54) is 13.1 Å². The molecule has 1 aromatic rings. The zero-order valence-electron chi connectivity index (χ0n) is 10.6. The summed E-state index contributed by atoms with van der Waals surface area (Å²) in [6.07, 6.45) is -2.26. The first kappa shape index (κ1) is 16.7. The minimum atomic E-state index is -4.29. The number of alkyl halides is 2. The molecular formula is C11H14F4N2O2S. The zero-order valence-corrected chi connectivity index (χ0v) is 11.5. The van der Waals surface area contributed by atoms with Crippen molar-refractivity contribution in [2.24, 2.45) is 0 Å². The van der Waals surface area contributed by atoms with Gasteiger partial charge >= 0.3 is 0 Å². The maximum atomic E-state index is 12.8. The Labute approximate surface area is 114 Å². The lowest BCUT2D eigenvalue weighted by Crippen LogP contribution is -2.30. The van der Waals surface area contributed by atoms with Gasteiger partial charge in [0, 0.05) is 18.9 Å². The van der Waals surface area contributed by atoms with Crippen molar-refractivity contribution >= 4 is 9.84 Å².